The maximum atomic E-state index is 12.7. The lowest BCUT2D eigenvalue weighted by Crippen LogP contribution is -2.31. The van der Waals surface area contributed by atoms with E-state index in [1.807, 2.05) is 30.5 Å². The van der Waals surface area contributed by atoms with Crippen LogP contribution in [0.2, 0.25) is 0 Å². The molecule has 0 spiro atoms. The zero-order valence-electron chi connectivity index (χ0n) is 13.8. The van der Waals surface area contributed by atoms with Crippen LogP contribution in [0.5, 0.6) is 0 Å². The van der Waals surface area contributed by atoms with Crippen LogP contribution in [0.3, 0.4) is 0 Å². The molecule has 128 valence electrons. The number of thioether (sulfide) groups is 1. The summed E-state index contributed by atoms with van der Waals surface area (Å²) in [6.45, 7) is 5.48. The normalized spacial score (nSPS) is 15.5. The van der Waals surface area contributed by atoms with Crippen molar-refractivity contribution in [1.82, 2.24) is 0 Å². The first-order valence-electron chi connectivity index (χ1n) is 7.56. The molecule has 5 heteroatoms. The van der Waals surface area contributed by atoms with Gasteiger partial charge in [-0.3, -0.25) is 0 Å². The zero-order chi connectivity index (χ0) is 17.8. The van der Waals surface area contributed by atoms with E-state index in [1.165, 1.54) is 6.08 Å². The number of rotatable bonds is 7. The molecule has 0 radical (unpaired) electrons. The Balaban J connectivity index is 2.31. The fourth-order valence-electron chi connectivity index (χ4n) is 2.54. The highest BCUT2D eigenvalue weighted by Crippen LogP contribution is 2.38. The first-order chi connectivity index (χ1) is 11.3. The van der Waals surface area contributed by atoms with Crippen molar-refractivity contribution in [3.8, 4) is 0 Å². The third kappa shape index (κ3) is 4.09. The van der Waals surface area contributed by atoms with Crippen LogP contribution in [0.25, 0.3) is 0 Å². The van der Waals surface area contributed by atoms with Gasteiger partial charge >= 0.3 is 0 Å². The average Bonchev–Trinajstić information content (AvgIpc) is 2.61. The highest BCUT2D eigenvalue weighted by molar-refractivity contribution is 7.98. The Morgan fingerprint density at radius 3 is 2.25 bits per heavy atom. The van der Waals surface area contributed by atoms with E-state index in [1.54, 1.807) is 49.0 Å². The summed E-state index contributed by atoms with van der Waals surface area (Å²) in [7, 11) is -3.53. The minimum absolute atomic E-state index is 0.209. The minimum atomic E-state index is -3.53. The predicted octanol–water partition coefficient (Wildman–Crippen LogP) is 4.11. The van der Waals surface area contributed by atoms with Crippen LogP contribution in [-0.4, -0.2) is 25.5 Å². The number of sulfone groups is 1. The average molecular weight is 363 g/mol. The van der Waals surface area contributed by atoms with E-state index < -0.39 is 21.4 Å². The van der Waals surface area contributed by atoms with E-state index in [0.29, 0.717) is 5.56 Å². The summed E-state index contributed by atoms with van der Waals surface area (Å²) in [4.78, 5) is 1.34. The van der Waals surface area contributed by atoms with Gasteiger partial charge in [-0.15, -0.1) is 18.3 Å². The molecular weight excluding hydrogens is 340 g/mol. The first kappa shape index (κ1) is 18.8. The van der Waals surface area contributed by atoms with Crippen LogP contribution < -0.4 is 0 Å². The molecule has 0 amide bonds. The molecule has 0 aliphatic carbocycles. The SMILES string of the molecule is C=C[C@@](C)(CS(=O)(=O)c1ccccc1)[C@@H](O)c1ccc(SC)cc1. The molecule has 0 fully saturated rings. The van der Waals surface area contributed by atoms with E-state index in [4.69, 9.17) is 0 Å². The Labute approximate surface area is 148 Å². The van der Waals surface area contributed by atoms with Gasteiger partial charge in [-0.1, -0.05) is 43.3 Å². The monoisotopic (exact) mass is 362 g/mol. The number of hydrogen-bond donors (Lipinski definition) is 1. The van der Waals surface area contributed by atoms with Crippen molar-refractivity contribution in [3.05, 3.63) is 72.8 Å². The van der Waals surface area contributed by atoms with Gasteiger partial charge in [0.15, 0.2) is 9.84 Å². The lowest BCUT2D eigenvalue weighted by Gasteiger charge is -2.31. The van der Waals surface area contributed by atoms with Gasteiger partial charge in [0.25, 0.3) is 0 Å². The Kier molecular flexibility index (Phi) is 5.91. The van der Waals surface area contributed by atoms with Crippen molar-refractivity contribution in [2.45, 2.75) is 22.8 Å². The summed E-state index contributed by atoms with van der Waals surface area (Å²) in [5.74, 6) is -0.209. The van der Waals surface area contributed by atoms with E-state index in [2.05, 4.69) is 6.58 Å². The second kappa shape index (κ2) is 7.55. The highest BCUT2D eigenvalue weighted by atomic mass is 32.2. The lowest BCUT2D eigenvalue weighted by atomic mass is 9.82. The summed E-state index contributed by atoms with van der Waals surface area (Å²) in [5, 5.41) is 10.8. The van der Waals surface area contributed by atoms with Crippen LogP contribution >= 0.6 is 11.8 Å². The van der Waals surface area contributed by atoms with Crippen molar-refractivity contribution in [2.24, 2.45) is 5.41 Å². The predicted molar refractivity (Wildman–Crippen MR) is 100.0 cm³/mol. The maximum Gasteiger partial charge on any atom is 0.179 e. The lowest BCUT2D eigenvalue weighted by molar-refractivity contribution is 0.0840. The summed E-state index contributed by atoms with van der Waals surface area (Å²) in [6, 6.07) is 15.8. The van der Waals surface area contributed by atoms with Gasteiger partial charge in [0.1, 0.15) is 0 Å². The quantitative estimate of drug-likeness (QED) is 0.595. The first-order valence-corrected chi connectivity index (χ1v) is 10.4. The summed E-state index contributed by atoms with van der Waals surface area (Å²) < 4.78 is 25.4. The molecule has 0 bridgehead atoms. The molecule has 2 atom stereocenters. The number of hydrogen-bond acceptors (Lipinski definition) is 4. The zero-order valence-corrected chi connectivity index (χ0v) is 15.5. The molecule has 2 aromatic rings. The molecule has 0 aliphatic rings. The molecule has 0 heterocycles. The van der Waals surface area contributed by atoms with Crippen molar-refractivity contribution in [1.29, 1.82) is 0 Å². The largest absolute Gasteiger partial charge is 0.387 e. The van der Waals surface area contributed by atoms with E-state index in [-0.39, 0.29) is 10.6 Å². The number of aliphatic hydroxyl groups excluding tert-OH is 1. The van der Waals surface area contributed by atoms with Gasteiger partial charge in [0.2, 0.25) is 0 Å². The minimum Gasteiger partial charge on any atom is -0.387 e. The topological polar surface area (TPSA) is 54.4 Å². The fraction of sp³-hybridized carbons (Fsp3) is 0.263. The molecule has 0 saturated carbocycles. The molecule has 2 rings (SSSR count). The summed E-state index contributed by atoms with van der Waals surface area (Å²) in [5.41, 5.74) is -0.311. The number of benzene rings is 2. The Morgan fingerprint density at radius 1 is 1.17 bits per heavy atom. The molecule has 0 aromatic heterocycles. The Bertz CT molecular complexity index is 783. The molecule has 0 saturated heterocycles. The standard InChI is InChI=1S/C19H22O3S2/c1-4-19(2,14-24(21,22)17-8-6-5-7-9-17)18(20)15-10-12-16(23-3)13-11-15/h4-13,18,20H,1,14H2,2-3H3/t18-,19-/m0/s1. The molecule has 1 N–H and O–H groups in total. The molecule has 24 heavy (non-hydrogen) atoms. The highest BCUT2D eigenvalue weighted by Gasteiger charge is 2.36. The number of aliphatic hydroxyl groups is 1. The maximum absolute atomic E-state index is 12.7. The smallest absolute Gasteiger partial charge is 0.179 e. The molecule has 2 aromatic carbocycles. The molecule has 3 nitrogen and oxygen atoms in total. The van der Waals surface area contributed by atoms with Gasteiger partial charge in [-0.25, -0.2) is 8.42 Å². The van der Waals surface area contributed by atoms with Crippen molar-refractivity contribution < 1.29 is 13.5 Å². The van der Waals surface area contributed by atoms with Crippen molar-refractivity contribution in [3.63, 3.8) is 0 Å². The Hall–Kier alpha value is -1.56. The second-order valence-electron chi connectivity index (χ2n) is 5.96. The fourth-order valence-corrected chi connectivity index (χ4v) is 4.78. The molecular formula is C19H22O3S2. The van der Waals surface area contributed by atoms with Gasteiger partial charge in [-0.05, 0) is 36.1 Å². The van der Waals surface area contributed by atoms with Crippen LogP contribution in [0.4, 0.5) is 0 Å². The van der Waals surface area contributed by atoms with Crippen LogP contribution in [-0.2, 0) is 9.84 Å². The van der Waals surface area contributed by atoms with Crippen LogP contribution in [0.1, 0.15) is 18.6 Å². The third-order valence-electron chi connectivity index (χ3n) is 4.13. The van der Waals surface area contributed by atoms with Crippen LogP contribution in [0, 0.1) is 5.41 Å². The summed E-state index contributed by atoms with van der Waals surface area (Å²) in [6.07, 6.45) is 2.55. The van der Waals surface area contributed by atoms with Crippen LogP contribution in [0.15, 0.2) is 77.0 Å². The van der Waals surface area contributed by atoms with Crippen molar-refractivity contribution in [2.75, 3.05) is 12.0 Å². The van der Waals surface area contributed by atoms with Gasteiger partial charge < -0.3 is 5.11 Å². The van der Waals surface area contributed by atoms with Gasteiger partial charge in [-0.2, -0.15) is 0 Å². The Morgan fingerprint density at radius 2 is 1.75 bits per heavy atom. The summed E-state index contributed by atoms with van der Waals surface area (Å²) >= 11 is 1.61. The van der Waals surface area contributed by atoms with E-state index in [9.17, 15) is 13.5 Å². The molecule has 0 aliphatic heterocycles. The van der Waals surface area contributed by atoms with Gasteiger partial charge in [0.05, 0.1) is 16.8 Å². The van der Waals surface area contributed by atoms with Gasteiger partial charge in [0, 0.05) is 10.3 Å². The second-order valence-corrected chi connectivity index (χ2v) is 8.83. The van der Waals surface area contributed by atoms with E-state index >= 15 is 0 Å². The van der Waals surface area contributed by atoms with E-state index in [0.717, 1.165) is 4.90 Å². The molecule has 0 unspecified atom stereocenters. The van der Waals surface area contributed by atoms with Crippen molar-refractivity contribution >= 4 is 21.6 Å². The third-order valence-corrected chi connectivity index (χ3v) is 6.86.